The maximum Gasteiger partial charge on any atom is 0.310 e. The zero-order valence-electron chi connectivity index (χ0n) is 18.7. The molecule has 0 aliphatic heterocycles. The van der Waals surface area contributed by atoms with Gasteiger partial charge in [-0.05, 0) is 41.0 Å². The molecule has 0 atom stereocenters. The Kier molecular flexibility index (Phi) is 7.93. The van der Waals surface area contributed by atoms with Crippen molar-refractivity contribution in [2.24, 2.45) is 0 Å². The molecule has 0 saturated carbocycles. The van der Waals surface area contributed by atoms with Crippen LogP contribution < -0.4 is 5.32 Å². The second-order valence-corrected chi connectivity index (χ2v) is 9.74. The van der Waals surface area contributed by atoms with Crippen LogP contribution in [-0.2, 0) is 30.8 Å². The van der Waals surface area contributed by atoms with Gasteiger partial charge in [0, 0.05) is 19.7 Å². The van der Waals surface area contributed by atoms with Gasteiger partial charge in [0.1, 0.15) is 0 Å². The summed E-state index contributed by atoms with van der Waals surface area (Å²) in [6, 6.07) is 22.4. The quantitative estimate of drug-likeness (QED) is 0.497. The number of rotatable bonds is 8. The van der Waals surface area contributed by atoms with Crippen molar-refractivity contribution < 1.29 is 27.5 Å². The van der Waals surface area contributed by atoms with E-state index in [1.807, 2.05) is 54.6 Å². The molecule has 0 radical (unpaired) electrons. The Hall–Kier alpha value is -3.82. The molecule has 0 aliphatic carbocycles. The lowest BCUT2D eigenvalue weighted by Gasteiger charge is -2.11. The molecule has 0 spiro atoms. The highest BCUT2D eigenvalue weighted by Gasteiger charge is 2.18. The van der Waals surface area contributed by atoms with E-state index >= 15 is 0 Å². The Balaban J connectivity index is 1.48. The van der Waals surface area contributed by atoms with Crippen molar-refractivity contribution in [1.82, 2.24) is 9.62 Å². The first-order valence-electron chi connectivity index (χ1n) is 10.3. The zero-order valence-corrected chi connectivity index (χ0v) is 19.5. The van der Waals surface area contributed by atoms with E-state index < -0.39 is 34.4 Å². The van der Waals surface area contributed by atoms with Crippen LogP contribution in [0.25, 0.3) is 11.1 Å². The van der Waals surface area contributed by atoms with Crippen molar-refractivity contribution in [2.45, 2.75) is 11.3 Å². The van der Waals surface area contributed by atoms with Crippen molar-refractivity contribution in [3.8, 4) is 11.1 Å². The van der Waals surface area contributed by atoms with E-state index in [4.69, 9.17) is 4.74 Å². The number of amides is 2. The van der Waals surface area contributed by atoms with Crippen LogP contribution in [0.5, 0.6) is 0 Å². The van der Waals surface area contributed by atoms with Gasteiger partial charge in [-0.15, -0.1) is 0 Å². The minimum Gasteiger partial charge on any atom is -0.455 e. The number of nitrogens with one attached hydrogen (secondary N) is 1. The number of benzene rings is 3. The Bertz CT molecular complexity index is 1270. The first kappa shape index (κ1) is 24.8. The first-order valence-corrected chi connectivity index (χ1v) is 11.8. The van der Waals surface area contributed by atoms with Crippen LogP contribution in [0.3, 0.4) is 0 Å². The predicted octanol–water partition coefficient (Wildman–Crippen LogP) is 2.65. The van der Waals surface area contributed by atoms with Gasteiger partial charge in [0.25, 0.3) is 11.8 Å². The smallest absolute Gasteiger partial charge is 0.310 e. The molecule has 8 nitrogen and oxygen atoms in total. The topological polar surface area (TPSA) is 110 Å². The van der Waals surface area contributed by atoms with Crippen molar-refractivity contribution >= 4 is 27.8 Å². The molecular formula is C25H24N2O6S. The summed E-state index contributed by atoms with van der Waals surface area (Å²) in [5.41, 5.74) is 2.90. The highest BCUT2D eigenvalue weighted by atomic mass is 32.2. The number of carbonyl (C=O) groups excluding carboxylic acids is 3. The molecule has 176 valence electrons. The lowest BCUT2D eigenvalue weighted by molar-refractivity contribution is -0.147. The van der Waals surface area contributed by atoms with E-state index in [1.165, 1.54) is 38.4 Å². The third-order valence-electron chi connectivity index (χ3n) is 4.92. The van der Waals surface area contributed by atoms with Crippen LogP contribution in [0.4, 0.5) is 0 Å². The van der Waals surface area contributed by atoms with Gasteiger partial charge in [0.2, 0.25) is 10.0 Å². The minimum absolute atomic E-state index is 0.0158. The van der Waals surface area contributed by atoms with E-state index in [0.29, 0.717) is 0 Å². The Labute approximate surface area is 198 Å². The van der Waals surface area contributed by atoms with Crippen molar-refractivity contribution in [3.05, 3.63) is 90.0 Å². The minimum atomic E-state index is -3.63. The number of ether oxygens (including phenoxy) is 1. The van der Waals surface area contributed by atoms with Crippen LogP contribution in [-0.4, -0.2) is 51.2 Å². The van der Waals surface area contributed by atoms with Crippen molar-refractivity contribution in [2.75, 3.05) is 20.7 Å². The average Bonchev–Trinajstić information content (AvgIpc) is 2.83. The van der Waals surface area contributed by atoms with Gasteiger partial charge >= 0.3 is 5.97 Å². The third kappa shape index (κ3) is 6.37. The molecule has 0 saturated heterocycles. The van der Waals surface area contributed by atoms with Gasteiger partial charge in [-0.25, -0.2) is 12.7 Å². The van der Waals surface area contributed by atoms with E-state index in [2.05, 4.69) is 5.32 Å². The fourth-order valence-electron chi connectivity index (χ4n) is 3.03. The van der Waals surface area contributed by atoms with Crippen molar-refractivity contribution in [1.29, 1.82) is 0 Å². The summed E-state index contributed by atoms with van der Waals surface area (Å²) in [4.78, 5) is 36.3. The maximum atomic E-state index is 12.2. The summed E-state index contributed by atoms with van der Waals surface area (Å²) in [5, 5.41) is 2.11. The first-order chi connectivity index (χ1) is 16.2. The molecule has 3 rings (SSSR count). The lowest BCUT2D eigenvalue weighted by atomic mass is 10.0. The fraction of sp³-hybridized carbons (Fsp3) is 0.160. The number of sulfonamides is 1. The molecule has 3 aromatic carbocycles. The molecule has 0 bridgehead atoms. The van der Waals surface area contributed by atoms with Crippen LogP contribution in [0.1, 0.15) is 15.9 Å². The number of esters is 1. The SMILES string of the molecule is CN(C)S(=O)(=O)c1ccc(C(=O)NC(=O)COC(=O)Cc2ccc(-c3ccccc3)cc2)cc1. The number of nitrogens with zero attached hydrogens (tertiary/aromatic N) is 1. The van der Waals surface area contributed by atoms with Gasteiger partial charge in [-0.3, -0.25) is 19.7 Å². The number of imide groups is 1. The average molecular weight is 481 g/mol. The Morgan fingerprint density at radius 1 is 0.824 bits per heavy atom. The number of hydrogen-bond donors (Lipinski definition) is 1. The summed E-state index contributed by atoms with van der Waals surface area (Å²) in [7, 11) is -0.829. The molecule has 0 unspecified atom stereocenters. The normalized spacial score (nSPS) is 11.1. The molecule has 0 fully saturated rings. The molecule has 0 aliphatic rings. The molecule has 34 heavy (non-hydrogen) atoms. The monoisotopic (exact) mass is 480 g/mol. The third-order valence-corrected chi connectivity index (χ3v) is 6.75. The Morgan fingerprint density at radius 2 is 1.41 bits per heavy atom. The van der Waals surface area contributed by atoms with E-state index in [-0.39, 0.29) is 16.9 Å². The van der Waals surface area contributed by atoms with Crippen LogP contribution in [0, 0.1) is 0 Å². The predicted molar refractivity (Wildman–Crippen MR) is 126 cm³/mol. The molecule has 0 heterocycles. The van der Waals surface area contributed by atoms with Gasteiger partial charge in [0.05, 0.1) is 11.3 Å². The molecular weight excluding hydrogens is 456 g/mol. The number of carbonyl (C=O) groups is 3. The van der Waals surface area contributed by atoms with Gasteiger partial charge < -0.3 is 4.74 Å². The van der Waals surface area contributed by atoms with Crippen LogP contribution in [0.15, 0.2) is 83.8 Å². The number of hydrogen-bond acceptors (Lipinski definition) is 6. The van der Waals surface area contributed by atoms with Crippen LogP contribution in [0.2, 0.25) is 0 Å². The lowest BCUT2D eigenvalue weighted by Crippen LogP contribution is -2.34. The second-order valence-electron chi connectivity index (χ2n) is 7.59. The van der Waals surface area contributed by atoms with Crippen molar-refractivity contribution in [3.63, 3.8) is 0 Å². The molecule has 3 aromatic rings. The standard InChI is InChI=1S/C25H24N2O6S/c1-27(2)34(31,32)22-14-12-21(13-15-22)25(30)26-23(28)17-33-24(29)16-18-8-10-20(11-9-18)19-6-4-3-5-7-19/h3-15H,16-17H2,1-2H3,(H,26,28,30). The van der Waals surface area contributed by atoms with Gasteiger partial charge in [-0.2, -0.15) is 0 Å². The van der Waals surface area contributed by atoms with E-state index in [9.17, 15) is 22.8 Å². The molecule has 9 heteroatoms. The fourth-order valence-corrected chi connectivity index (χ4v) is 3.94. The maximum absolute atomic E-state index is 12.2. The largest absolute Gasteiger partial charge is 0.455 e. The molecule has 2 amide bonds. The van der Waals surface area contributed by atoms with Gasteiger partial charge in [-0.1, -0.05) is 54.6 Å². The second kappa shape index (κ2) is 10.9. The summed E-state index contributed by atoms with van der Waals surface area (Å²) in [6.07, 6.45) is -0.0158. The molecule has 1 N–H and O–H groups in total. The Morgan fingerprint density at radius 3 is 2.00 bits per heavy atom. The summed E-state index contributed by atoms with van der Waals surface area (Å²) in [6.45, 7) is -0.611. The van der Waals surface area contributed by atoms with E-state index in [1.54, 1.807) is 0 Å². The van der Waals surface area contributed by atoms with Gasteiger partial charge in [0.15, 0.2) is 6.61 Å². The highest BCUT2D eigenvalue weighted by Crippen LogP contribution is 2.19. The summed E-state index contributed by atoms with van der Waals surface area (Å²) >= 11 is 0. The van der Waals surface area contributed by atoms with E-state index in [0.717, 1.165) is 21.0 Å². The molecule has 0 aromatic heterocycles. The van der Waals surface area contributed by atoms with Crippen LogP contribution >= 0.6 is 0 Å². The zero-order chi connectivity index (χ0) is 24.7. The summed E-state index contributed by atoms with van der Waals surface area (Å²) < 4.78 is 30.2. The highest BCUT2D eigenvalue weighted by molar-refractivity contribution is 7.89. The summed E-state index contributed by atoms with van der Waals surface area (Å²) in [5.74, 6) is -2.12.